The smallest absolute Gasteiger partial charge is 0.321 e. The molecule has 0 saturated carbocycles. The van der Waals surface area contributed by atoms with E-state index < -0.39 is 0 Å². The number of urea groups is 1. The van der Waals surface area contributed by atoms with Crippen molar-refractivity contribution in [1.29, 1.82) is 0 Å². The van der Waals surface area contributed by atoms with Crippen LogP contribution in [-0.4, -0.2) is 35.0 Å². The number of carbonyl (C=O) groups is 2. The van der Waals surface area contributed by atoms with Gasteiger partial charge in [0.05, 0.1) is 15.4 Å². The molecule has 0 unspecified atom stereocenters. The molecule has 0 atom stereocenters. The SMILES string of the molecule is CCCNC(=O)Nc1nccc(-c2ccc(C(=O)NCCc3ccc(Cl)cc3Cl)s2)n1. The van der Waals surface area contributed by atoms with Gasteiger partial charge in [-0.25, -0.2) is 14.8 Å². The van der Waals surface area contributed by atoms with Gasteiger partial charge in [0.2, 0.25) is 5.95 Å². The predicted octanol–water partition coefficient (Wildman–Crippen LogP) is 5.02. The standard InChI is InChI=1S/C21H21Cl2N5O2S/c1-2-9-26-21(30)28-20-25-11-8-16(27-20)17-5-6-18(31-17)19(29)24-10-7-13-3-4-14(22)12-15(13)23/h3-6,8,11-12H,2,7,9-10H2,1H3,(H,24,29)(H2,25,26,27,28,30). The Morgan fingerprint density at radius 3 is 2.68 bits per heavy atom. The number of aromatic nitrogens is 2. The molecule has 0 aliphatic carbocycles. The van der Waals surface area contributed by atoms with E-state index in [0.29, 0.717) is 40.1 Å². The highest BCUT2D eigenvalue weighted by Gasteiger charge is 2.12. The van der Waals surface area contributed by atoms with Crippen LogP contribution in [0.2, 0.25) is 10.0 Å². The second-order valence-electron chi connectivity index (χ2n) is 6.55. The number of thiophene rings is 1. The van der Waals surface area contributed by atoms with Crippen LogP contribution in [0, 0.1) is 0 Å². The molecule has 1 aromatic carbocycles. The summed E-state index contributed by atoms with van der Waals surface area (Å²) in [6, 6.07) is 10.2. The highest BCUT2D eigenvalue weighted by atomic mass is 35.5. The molecular weight excluding hydrogens is 457 g/mol. The van der Waals surface area contributed by atoms with E-state index in [1.165, 1.54) is 11.3 Å². The number of nitrogens with one attached hydrogen (secondary N) is 3. The molecule has 2 heterocycles. The summed E-state index contributed by atoms with van der Waals surface area (Å²) in [4.78, 5) is 34.0. The Morgan fingerprint density at radius 1 is 1.06 bits per heavy atom. The van der Waals surface area contributed by atoms with Crippen LogP contribution in [0.3, 0.4) is 0 Å². The lowest BCUT2D eigenvalue weighted by molar-refractivity contribution is 0.0958. The number of hydrogen-bond donors (Lipinski definition) is 3. The van der Waals surface area contributed by atoms with Crippen LogP contribution in [0.4, 0.5) is 10.7 Å². The normalized spacial score (nSPS) is 10.5. The first-order valence-electron chi connectivity index (χ1n) is 9.66. The Balaban J connectivity index is 1.58. The molecule has 3 rings (SSSR count). The highest BCUT2D eigenvalue weighted by molar-refractivity contribution is 7.17. The van der Waals surface area contributed by atoms with Gasteiger partial charge in [-0.3, -0.25) is 10.1 Å². The summed E-state index contributed by atoms with van der Waals surface area (Å²) >= 11 is 13.4. The molecule has 0 saturated heterocycles. The van der Waals surface area contributed by atoms with Crippen LogP contribution in [0.5, 0.6) is 0 Å². The van der Waals surface area contributed by atoms with Crippen LogP contribution >= 0.6 is 34.5 Å². The average Bonchev–Trinajstić information content (AvgIpc) is 3.24. The van der Waals surface area contributed by atoms with Crippen LogP contribution in [0.1, 0.15) is 28.6 Å². The predicted molar refractivity (Wildman–Crippen MR) is 125 cm³/mol. The van der Waals surface area contributed by atoms with Crippen molar-refractivity contribution in [2.45, 2.75) is 19.8 Å². The fourth-order valence-corrected chi connectivity index (χ4v) is 4.06. The Hall–Kier alpha value is -2.68. The molecule has 3 N–H and O–H groups in total. The lowest BCUT2D eigenvalue weighted by atomic mass is 10.1. The lowest BCUT2D eigenvalue weighted by Crippen LogP contribution is -2.29. The molecule has 2 aromatic heterocycles. The number of benzene rings is 1. The molecule has 10 heteroatoms. The van der Waals surface area contributed by atoms with Gasteiger partial charge in [0.1, 0.15) is 0 Å². The molecule has 0 aliphatic rings. The minimum absolute atomic E-state index is 0.173. The first-order chi connectivity index (χ1) is 15.0. The van der Waals surface area contributed by atoms with Crippen molar-refractivity contribution in [3.63, 3.8) is 0 Å². The lowest BCUT2D eigenvalue weighted by Gasteiger charge is -2.06. The number of hydrogen-bond acceptors (Lipinski definition) is 5. The maximum absolute atomic E-state index is 12.5. The second kappa shape index (κ2) is 11.1. The first-order valence-corrected chi connectivity index (χ1v) is 11.2. The van der Waals surface area contributed by atoms with Gasteiger partial charge in [0, 0.05) is 29.3 Å². The fourth-order valence-electron chi connectivity index (χ4n) is 2.66. The number of rotatable bonds is 8. The Kier molecular flexibility index (Phi) is 8.22. The molecule has 0 radical (unpaired) electrons. The first kappa shape index (κ1) is 23.0. The minimum Gasteiger partial charge on any atom is -0.351 e. The van der Waals surface area contributed by atoms with Crippen LogP contribution in [0.15, 0.2) is 42.6 Å². The van der Waals surface area contributed by atoms with Gasteiger partial charge >= 0.3 is 6.03 Å². The zero-order chi connectivity index (χ0) is 22.2. The largest absolute Gasteiger partial charge is 0.351 e. The summed E-state index contributed by atoms with van der Waals surface area (Å²) in [6.07, 6.45) is 3.00. The van der Waals surface area contributed by atoms with Gasteiger partial charge in [-0.2, -0.15) is 0 Å². The summed E-state index contributed by atoms with van der Waals surface area (Å²) in [7, 11) is 0. The minimum atomic E-state index is -0.356. The number of carbonyl (C=O) groups excluding carboxylic acids is 2. The summed E-state index contributed by atoms with van der Waals surface area (Å²) in [6.45, 7) is 2.98. The number of halogens is 2. The van der Waals surface area contributed by atoms with Crippen LogP contribution in [-0.2, 0) is 6.42 Å². The van der Waals surface area contributed by atoms with Crippen molar-refractivity contribution in [2.24, 2.45) is 0 Å². The van der Waals surface area contributed by atoms with E-state index >= 15 is 0 Å². The molecule has 7 nitrogen and oxygen atoms in total. The third kappa shape index (κ3) is 6.65. The topological polar surface area (TPSA) is 96.0 Å². The van der Waals surface area contributed by atoms with Crippen molar-refractivity contribution in [2.75, 3.05) is 18.4 Å². The molecule has 0 bridgehead atoms. The van der Waals surface area contributed by atoms with Crippen molar-refractivity contribution in [3.05, 3.63) is 63.1 Å². The van der Waals surface area contributed by atoms with E-state index in [1.807, 2.05) is 19.1 Å². The van der Waals surface area contributed by atoms with E-state index in [-0.39, 0.29) is 17.9 Å². The van der Waals surface area contributed by atoms with Gasteiger partial charge in [0.15, 0.2) is 0 Å². The quantitative estimate of drug-likeness (QED) is 0.424. The van der Waals surface area contributed by atoms with Crippen LogP contribution < -0.4 is 16.0 Å². The molecule has 0 fully saturated rings. The van der Waals surface area contributed by atoms with E-state index in [0.717, 1.165) is 16.9 Å². The summed E-state index contributed by atoms with van der Waals surface area (Å²) in [5.41, 5.74) is 1.54. The van der Waals surface area contributed by atoms with Crippen LogP contribution in [0.25, 0.3) is 10.6 Å². The summed E-state index contributed by atoms with van der Waals surface area (Å²) in [5.74, 6) is 0.0260. The van der Waals surface area contributed by atoms with Gasteiger partial charge < -0.3 is 10.6 Å². The maximum atomic E-state index is 12.5. The fraction of sp³-hybridized carbons (Fsp3) is 0.238. The molecule has 0 aliphatic heterocycles. The second-order valence-corrected chi connectivity index (χ2v) is 8.48. The molecule has 31 heavy (non-hydrogen) atoms. The maximum Gasteiger partial charge on any atom is 0.321 e. The van der Waals surface area contributed by atoms with E-state index in [2.05, 4.69) is 25.9 Å². The Labute approximate surface area is 194 Å². The van der Waals surface area contributed by atoms with Crippen molar-refractivity contribution in [1.82, 2.24) is 20.6 Å². The molecular formula is C21H21Cl2N5O2S. The highest BCUT2D eigenvalue weighted by Crippen LogP contribution is 2.27. The molecule has 162 valence electrons. The monoisotopic (exact) mass is 477 g/mol. The van der Waals surface area contributed by atoms with Crippen molar-refractivity contribution < 1.29 is 9.59 Å². The molecule has 3 amide bonds. The summed E-state index contributed by atoms with van der Waals surface area (Å²) in [5, 5.41) is 9.35. The summed E-state index contributed by atoms with van der Waals surface area (Å²) < 4.78 is 0. The average molecular weight is 478 g/mol. The zero-order valence-electron chi connectivity index (χ0n) is 16.7. The number of amides is 3. The zero-order valence-corrected chi connectivity index (χ0v) is 19.1. The molecule has 0 spiro atoms. The van der Waals surface area contributed by atoms with E-state index in [1.54, 1.807) is 30.5 Å². The van der Waals surface area contributed by atoms with Crippen molar-refractivity contribution in [3.8, 4) is 10.6 Å². The third-order valence-electron chi connectivity index (χ3n) is 4.19. The number of nitrogens with zero attached hydrogens (tertiary/aromatic N) is 2. The Morgan fingerprint density at radius 2 is 1.90 bits per heavy atom. The van der Waals surface area contributed by atoms with Gasteiger partial charge in [-0.05, 0) is 48.7 Å². The number of anilines is 1. The van der Waals surface area contributed by atoms with E-state index in [9.17, 15) is 9.59 Å². The van der Waals surface area contributed by atoms with Crippen molar-refractivity contribution >= 4 is 52.4 Å². The molecule has 3 aromatic rings. The van der Waals surface area contributed by atoms with E-state index in [4.69, 9.17) is 23.2 Å². The third-order valence-corrected chi connectivity index (χ3v) is 5.89. The van der Waals surface area contributed by atoms with Gasteiger partial charge in [0.25, 0.3) is 5.91 Å². The Bertz CT molecular complexity index is 1070. The van der Waals surface area contributed by atoms with Gasteiger partial charge in [-0.1, -0.05) is 36.2 Å². The van der Waals surface area contributed by atoms with Gasteiger partial charge in [-0.15, -0.1) is 11.3 Å².